The van der Waals surface area contributed by atoms with Gasteiger partial charge < -0.3 is 5.32 Å². The van der Waals surface area contributed by atoms with Gasteiger partial charge in [0.05, 0.1) is 0 Å². The number of nitrogens with zero attached hydrogens (tertiary/aromatic N) is 1. The molecule has 2 saturated carbocycles. The molecule has 0 heterocycles. The minimum absolute atomic E-state index is 0.735. The predicted molar refractivity (Wildman–Crippen MR) is 83.4 cm³/mol. The van der Waals surface area contributed by atoms with Crippen LogP contribution in [0.15, 0.2) is 0 Å². The van der Waals surface area contributed by atoms with Gasteiger partial charge >= 0.3 is 0 Å². The minimum Gasteiger partial charge on any atom is -0.313 e. The van der Waals surface area contributed by atoms with Crippen LogP contribution in [0.2, 0.25) is 0 Å². The highest BCUT2D eigenvalue weighted by Crippen LogP contribution is 2.36. The highest BCUT2D eigenvalue weighted by Gasteiger charge is 2.36. The second kappa shape index (κ2) is 7.08. The zero-order chi connectivity index (χ0) is 13.8. The summed E-state index contributed by atoms with van der Waals surface area (Å²) in [7, 11) is 0. The second-order valence-corrected chi connectivity index (χ2v) is 7.08. The van der Waals surface area contributed by atoms with E-state index in [-0.39, 0.29) is 0 Å². The second-order valence-electron chi connectivity index (χ2n) is 7.08. The molecule has 0 saturated heterocycles. The summed E-state index contributed by atoms with van der Waals surface area (Å²) in [5.74, 6) is 2.81. The smallest absolute Gasteiger partial charge is 0.0252 e. The molecule has 2 rings (SSSR count). The van der Waals surface area contributed by atoms with Gasteiger partial charge in [0.25, 0.3) is 0 Å². The Morgan fingerprint density at radius 1 is 1.11 bits per heavy atom. The van der Waals surface area contributed by atoms with Crippen molar-refractivity contribution in [3.8, 4) is 0 Å². The highest BCUT2D eigenvalue weighted by molar-refractivity contribution is 4.93. The summed E-state index contributed by atoms with van der Waals surface area (Å²) in [5.41, 5.74) is 0. The molecule has 0 aromatic carbocycles. The molecule has 0 aliphatic heterocycles. The van der Waals surface area contributed by atoms with Gasteiger partial charge in [-0.2, -0.15) is 0 Å². The SMILES string of the molecule is CCNC1CCC(C(C)C)CC1N(CC)CC1CC1. The van der Waals surface area contributed by atoms with Crippen molar-refractivity contribution in [2.24, 2.45) is 17.8 Å². The molecule has 112 valence electrons. The number of hydrogen-bond donors (Lipinski definition) is 1. The predicted octanol–water partition coefficient (Wildman–Crippen LogP) is 3.52. The standard InChI is InChI=1S/C17H34N2/c1-5-18-16-10-9-15(13(3)4)11-17(16)19(6-2)12-14-7-8-14/h13-18H,5-12H2,1-4H3. The molecule has 2 nitrogen and oxygen atoms in total. The van der Waals surface area contributed by atoms with Crippen LogP contribution in [0.4, 0.5) is 0 Å². The van der Waals surface area contributed by atoms with Gasteiger partial charge in [-0.1, -0.05) is 27.7 Å². The average Bonchev–Trinajstić information content (AvgIpc) is 3.20. The normalized spacial score (nSPS) is 32.2. The van der Waals surface area contributed by atoms with Crippen molar-refractivity contribution in [1.82, 2.24) is 10.2 Å². The third-order valence-electron chi connectivity index (χ3n) is 5.33. The van der Waals surface area contributed by atoms with Gasteiger partial charge in [0.1, 0.15) is 0 Å². The third kappa shape index (κ3) is 4.19. The number of rotatable bonds is 7. The fourth-order valence-electron chi connectivity index (χ4n) is 3.82. The van der Waals surface area contributed by atoms with Crippen LogP contribution in [0, 0.1) is 17.8 Å². The van der Waals surface area contributed by atoms with Gasteiger partial charge in [0, 0.05) is 18.6 Å². The first-order chi connectivity index (χ1) is 9.15. The molecule has 2 aliphatic carbocycles. The Labute approximate surface area is 120 Å². The molecule has 2 aliphatic rings. The molecular formula is C17H34N2. The van der Waals surface area contributed by atoms with Crippen molar-refractivity contribution in [2.75, 3.05) is 19.6 Å². The molecule has 3 unspecified atom stereocenters. The Balaban J connectivity index is 1.99. The molecular weight excluding hydrogens is 232 g/mol. The van der Waals surface area contributed by atoms with Crippen molar-refractivity contribution in [3.63, 3.8) is 0 Å². The van der Waals surface area contributed by atoms with Gasteiger partial charge in [-0.15, -0.1) is 0 Å². The lowest BCUT2D eigenvalue weighted by molar-refractivity contribution is 0.0837. The van der Waals surface area contributed by atoms with E-state index in [1.165, 1.54) is 45.2 Å². The highest BCUT2D eigenvalue weighted by atomic mass is 15.2. The maximum absolute atomic E-state index is 3.76. The molecule has 0 bridgehead atoms. The molecule has 19 heavy (non-hydrogen) atoms. The molecule has 0 spiro atoms. The van der Waals surface area contributed by atoms with E-state index < -0.39 is 0 Å². The lowest BCUT2D eigenvalue weighted by atomic mass is 9.76. The van der Waals surface area contributed by atoms with Crippen LogP contribution < -0.4 is 5.32 Å². The maximum atomic E-state index is 3.76. The molecule has 2 fully saturated rings. The largest absolute Gasteiger partial charge is 0.313 e. The molecule has 0 radical (unpaired) electrons. The van der Waals surface area contributed by atoms with Crippen LogP contribution in [-0.4, -0.2) is 36.6 Å². The Kier molecular flexibility index (Phi) is 5.70. The monoisotopic (exact) mass is 266 g/mol. The first kappa shape index (κ1) is 15.3. The first-order valence-corrected chi connectivity index (χ1v) is 8.63. The third-order valence-corrected chi connectivity index (χ3v) is 5.33. The fraction of sp³-hybridized carbons (Fsp3) is 1.00. The van der Waals surface area contributed by atoms with Crippen LogP contribution in [0.3, 0.4) is 0 Å². The summed E-state index contributed by atoms with van der Waals surface area (Å²) in [6, 6.07) is 1.52. The van der Waals surface area contributed by atoms with Crippen molar-refractivity contribution < 1.29 is 0 Å². The topological polar surface area (TPSA) is 15.3 Å². The molecule has 3 atom stereocenters. The number of nitrogens with one attached hydrogen (secondary N) is 1. The van der Waals surface area contributed by atoms with Gasteiger partial charge in [0.2, 0.25) is 0 Å². The van der Waals surface area contributed by atoms with Crippen LogP contribution in [0.25, 0.3) is 0 Å². The summed E-state index contributed by atoms with van der Waals surface area (Å²) < 4.78 is 0. The van der Waals surface area contributed by atoms with Crippen molar-refractivity contribution in [3.05, 3.63) is 0 Å². The van der Waals surface area contributed by atoms with Gasteiger partial charge in [-0.3, -0.25) is 4.90 Å². The minimum atomic E-state index is 0.735. The molecule has 0 amide bonds. The maximum Gasteiger partial charge on any atom is 0.0252 e. The van der Waals surface area contributed by atoms with Gasteiger partial charge in [0.15, 0.2) is 0 Å². The van der Waals surface area contributed by atoms with E-state index in [2.05, 4.69) is 37.9 Å². The van der Waals surface area contributed by atoms with E-state index >= 15 is 0 Å². The number of likely N-dealkylation sites (N-methyl/N-ethyl adjacent to an activating group) is 2. The van der Waals surface area contributed by atoms with E-state index in [9.17, 15) is 0 Å². The lowest BCUT2D eigenvalue weighted by Crippen LogP contribution is -2.54. The Morgan fingerprint density at radius 3 is 2.37 bits per heavy atom. The number of hydrogen-bond acceptors (Lipinski definition) is 2. The van der Waals surface area contributed by atoms with E-state index in [0.717, 1.165) is 36.4 Å². The molecule has 0 aromatic rings. The Hall–Kier alpha value is -0.0800. The van der Waals surface area contributed by atoms with Crippen LogP contribution in [0.1, 0.15) is 59.8 Å². The molecule has 1 N–H and O–H groups in total. The van der Waals surface area contributed by atoms with Gasteiger partial charge in [-0.25, -0.2) is 0 Å². The zero-order valence-electron chi connectivity index (χ0n) is 13.5. The summed E-state index contributed by atoms with van der Waals surface area (Å²) >= 11 is 0. The van der Waals surface area contributed by atoms with Crippen LogP contribution in [0.5, 0.6) is 0 Å². The Morgan fingerprint density at radius 2 is 1.84 bits per heavy atom. The Bertz CT molecular complexity index is 260. The summed E-state index contributed by atoms with van der Waals surface area (Å²) in [4.78, 5) is 2.79. The fourth-order valence-corrected chi connectivity index (χ4v) is 3.82. The van der Waals surface area contributed by atoms with E-state index in [1.807, 2.05) is 0 Å². The summed E-state index contributed by atoms with van der Waals surface area (Å²) in [6.07, 6.45) is 7.16. The van der Waals surface area contributed by atoms with E-state index in [0.29, 0.717) is 0 Å². The molecule has 0 aromatic heterocycles. The van der Waals surface area contributed by atoms with Gasteiger partial charge in [-0.05, 0) is 62.9 Å². The quantitative estimate of drug-likeness (QED) is 0.758. The zero-order valence-corrected chi connectivity index (χ0v) is 13.5. The summed E-state index contributed by atoms with van der Waals surface area (Å²) in [5, 5.41) is 3.76. The first-order valence-electron chi connectivity index (χ1n) is 8.63. The lowest BCUT2D eigenvalue weighted by Gasteiger charge is -2.44. The van der Waals surface area contributed by atoms with Crippen molar-refractivity contribution >= 4 is 0 Å². The van der Waals surface area contributed by atoms with E-state index in [1.54, 1.807) is 0 Å². The van der Waals surface area contributed by atoms with E-state index in [4.69, 9.17) is 0 Å². The average molecular weight is 266 g/mol. The van der Waals surface area contributed by atoms with Crippen molar-refractivity contribution in [2.45, 2.75) is 71.9 Å². The van der Waals surface area contributed by atoms with Crippen molar-refractivity contribution in [1.29, 1.82) is 0 Å². The summed E-state index contributed by atoms with van der Waals surface area (Å²) in [6.45, 7) is 13.1. The van der Waals surface area contributed by atoms with Crippen LogP contribution in [-0.2, 0) is 0 Å². The molecule has 2 heteroatoms. The van der Waals surface area contributed by atoms with Crippen LogP contribution >= 0.6 is 0 Å².